The summed E-state index contributed by atoms with van der Waals surface area (Å²) in [6, 6.07) is 1.43. The standard InChI is InChI=1S/C14H28N2O/c1-5-14(4)10-16(11(3)9-15-14)12-7-13(8-12)17-6-2/h11-13,15H,5-10H2,1-4H3. The van der Waals surface area contributed by atoms with Gasteiger partial charge in [0.05, 0.1) is 6.10 Å². The van der Waals surface area contributed by atoms with E-state index in [4.69, 9.17) is 4.74 Å². The van der Waals surface area contributed by atoms with Crippen molar-refractivity contribution in [2.75, 3.05) is 19.7 Å². The quantitative estimate of drug-likeness (QED) is 0.813. The van der Waals surface area contributed by atoms with Crippen LogP contribution in [-0.2, 0) is 4.74 Å². The van der Waals surface area contributed by atoms with Gasteiger partial charge in [0.25, 0.3) is 0 Å². The highest BCUT2D eigenvalue weighted by atomic mass is 16.5. The normalized spacial score (nSPS) is 43.4. The van der Waals surface area contributed by atoms with E-state index in [1.807, 2.05) is 0 Å². The monoisotopic (exact) mass is 240 g/mol. The van der Waals surface area contributed by atoms with Crippen LogP contribution in [0.3, 0.4) is 0 Å². The second kappa shape index (κ2) is 5.25. The molecule has 2 unspecified atom stereocenters. The highest BCUT2D eigenvalue weighted by Gasteiger charge is 2.41. The van der Waals surface area contributed by atoms with E-state index in [1.54, 1.807) is 0 Å². The Morgan fingerprint density at radius 1 is 1.35 bits per heavy atom. The van der Waals surface area contributed by atoms with E-state index < -0.39 is 0 Å². The number of piperazine rings is 1. The largest absolute Gasteiger partial charge is 0.378 e. The van der Waals surface area contributed by atoms with Crippen LogP contribution in [0, 0.1) is 0 Å². The van der Waals surface area contributed by atoms with Crippen molar-refractivity contribution in [3.05, 3.63) is 0 Å². The van der Waals surface area contributed by atoms with E-state index in [-0.39, 0.29) is 0 Å². The Labute approximate surface area is 106 Å². The van der Waals surface area contributed by atoms with Gasteiger partial charge in [0.2, 0.25) is 0 Å². The molecule has 0 aromatic rings. The van der Waals surface area contributed by atoms with Crippen molar-refractivity contribution in [3.8, 4) is 0 Å². The molecule has 0 aromatic carbocycles. The van der Waals surface area contributed by atoms with Gasteiger partial charge in [-0.3, -0.25) is 4.90 Å². The average molecular weight is 240 g/mol. The number of nitrogens with zero attached hydrogens (tertiary/aromatic N) is 1. The zero-order valence-corrected chi connectivity index (χ0v) is 11.8. The van der Waals surface area contributed by atoms with Crippen LogP contribution in [0.15, 0.2) is 0 Å². The number of nitrogens with one attached hydrogen (secondary N) is 1. The Morgan fingerprint density at radius 3 is 2.65 bits per heavy atom. The predicted octanol–water partition coefficient (Wildman–Crippen LogP) is 2.02. The number of hydrogen-bond acceptors (Lipinski definition) is 3. The lowest BCUT2D eigenvalue weighted by Crippen LogP contribution is -2.66. The van der Waals surface area contributed by atoms with Crippen molar-refractivity contribution < 1.29 is 4.74 Å². The summed E-state index contributed by atoms with van der Waals surface area (Å²) in [5.74, 6) is 0. The van der Waals surface area contributed by atoms with E-state index in [0.29, 0.717) is 17.7 Å². The smallest absolute Gasteiger partial charge is 0.0604 e. The molecular weight excluding hydrogens is 212 g/mol. The second-order valence-corrected chi connectivity index (χ2v) is 6.02. The first-order valence-corrected chi connectivity index (χ1v) is 7.20. The fourth-order valence-corrected chi connectivity index (χ4v) is 3.03. The molecule has 0 spiro atoms. The van der Waals surface area contributed by atoms with Crippen molar-refractivity contribution in [2.24, 2.45) is 0 Å². The minimum atomic E-state index is 0.309. The lowest BCUT2D eigenvalue weighted by Gasteiger charge is -2.52. The van der Waals surface area contributed by atoms with Gasteiger partial charge in [0, 0.05) is 37.3 Å². The Hall–Kier alpha value is -0.120. The summed E-state index contributed by atoms with van der Waals surface area (Å²) in [5, 5.41) is 3.69. The molecule has 0 amide bonds. The van der Waals surface area contributed by atoms with Gasteiger partial charge in [-0.1, -0.05) is 6.92 Å². The first-order chi connectivity index (χ1) is 8.08. The molecule has 17 heavy (non-hydrogen) atoms. The molecule has 2 aliphatic rings. The molecule has 1 saturated carbocycles. The van der Waals surface area contributed by atoms with Crippen LogP contribution in [-0.4, -0.2) is 48.3 Å². The predicted molar refractivity (Wildman–Crippen MR) is 71.3 cm³/mol. The van der Waals surface area contributed by atoms with Crippen LogP contribution in [0.2, 0.25) is 0 Å². The van der Waals surface area contributed by atoms with Gasteiger partial charge in [-0.05, 0) is 40.0 Å². The minimum Gasteiger partial charge on any atom is -0.378 e. The van der Waals surface area contributed by atoms with Crippen LogP contribution in [0.1, 0.15) is 47.0 Å². The van der Waals surface area contributed by atoms with E-state index in [1.165, 1.54) is 25.8 Å². The molecule has 1 N–H and O–H groups in total. The fourth-order valence-electron chi connectivity index (χ4n) is 3.03. The van der Waals surface area contributed by atoms with Crippen molar-refractivity contribution in [1.29, 1.82) is 0 Å². The molecule has 1 aliphatic heterocycles. The highest BCUT2D eigenvalue weighted by Crippen LogP contribution is 2.32. The molecule has 2 rings (SSSR count). The van der Waals surface area contributed by atoms with E-state index in [2.05, 4.69) is 37.9 Å². The Bertz CT molecular complexity index is 253. The molecule has 0 bridgehead atoms. The summed E-state index contributed by atoms with van der Waals surface area (Å²) in [5.41, 5.74) is 0.309. The first-order valence-electron chi connectivity index (χ1n) is 7.20. The average Bonchev–Trinajstić information content (AvgIpc) is 2.27. The maximum absolute atomic E-state index is 5.67. The van der Waals surface area contributed by atoms with Crippen molar-refractivity contribution in [2.45, 2.75) is 70.7 Å². The third-order valence-corrected chi connectivity index (χ3v) is 4.64. The third kappa shape index (κ3) is 2.83. The van der Waals surface area contributed by atoms with Crippen molar-refractivity contribution >= 4 is 0 Å². The number of rotatable bonds is 4. The van der Waals surface area contributed by atoms with Crippen LogP contribution in [0.5, 0.6) is 0 Å². The molecule has 0 radical (unpaired) electrons. The molecule has 3 heteroatoms. The van der Waals surface area contributed by atoms with Crippen LogP contribution in [0.25, 0.3) is 0 Å². The molecule has 1 aliphatic carbocycles. The number of ether oxygens (including phenoxy) is 1. The van der Waals surface area contributed by atoms with Gasteiger partial charge >= 0.3 is 0 Å². The number of hydrogen-bond donors (Lipinski definition) is 1. The Kier molecular flexibility index (Phi) is 4.11. The van der Waals surface area contributed by atoms with Gasteiger partial charge < -0.3 is 10.1 Å². The summed E-state index contributed by atoms with van der Waals surface area (Å²) in [6.45, 7) is 12.2. The van der Waals surface area contributed by atoms with Gasteiger partial charge in [-0.15, -0.1) is 0 Å². The molecule has 2 fully saturated rings. The van der Waals surface area contributed by atoms with E-state index in [9.17, 15) is 0 Å². The van der Waals surface area contributed by atoms with Crippen molar-refractivity contribution in [1.82, 2.24) is 10.2 Å². The van der Waals surface area contributed by atoms with Gasteiger partial charge in [-0.25, -0.2) is 0 Å². The van der Waals surface area contributed by atoms with Gasteiger partial charge in [0.1, 0.15) is 0 Å². The summed E-state index contributed by atoms with van der Waals surface area (Å²) < 4.78 is 5.67. The highest BCUT2D eigenvalue weighted by molar-refractivity contribution is 4.99. The lowest BCUT2D eigenvalue weighted by atomic mass is 9.83. The minimum absolute atomic E-state index is 0.309. The van der Waals surface area contributed by atoms with Gasteiger partial charge in [-0.2, -0.15) is 0 Å². The van der Waals surface area contributed by atoms with E-state index >= 15 is 0 Å². The second-order valence-electron chi connectivity index (χ2n) is 6.02. The SMILES string of the molecule is CCOC1CC(N2CC(C)(CC)NCC2C)C1. The maximum Gasteiger partial charge on any atom is 0.0604 e. The molecule has 1 saturated heterocycles. The third-order valence-electron chi connectivity index (χ3n) is 4.64. The molecule has 2 atom stereocenters. The van der Waals surface area contributed by atoms with Crippen LogP contribution in [0.4, 0.5) is 0 Å². The first kappa shape index (κ1) is 13.3. The van der Waals surface area contributed by atoms with Crippen LogP contribution < -0.4 is 5.32 Å². The Balaban J connectivity index is 1.87. The maximum atomic E-state index is 5.67. The molecule has 3 nitrogen and oxygen atoms in total. The lowest BCUT2D eigenvalue weighted by molar-refractivity contribution is -0.0714. The molecule has 1 heterocycles. The summed E-state index contributed by atoms with van der Waals surface area (Å²) in [7, 11) is 0. The molecule has 0 aromatic heterocycles. The summed E-state index contributed by atoms with van der Waals surface area (Å²) in [4.78, 5) is 2.70. The topological polar surface area (TPSA) is 24.5 Å². The van der Waals surface area contributed by atoms with Crippen molar-refractivity contribution in [3.63, 3.8) is 0 Å². The van der Waals surface area contributed by atoms with Crippen LogP contribution >= 0.6 is 0 Å². The zero-order valence-electron chi connectivity index (χ0n) is 11.8. The summed E-state index contributed by atoms with van der Waals surface area (Å²) in [6.07, 6.45) is 4.20. The Morgan fingerprint density at radius 2 is 2.06 bits per heavy atom. The van der Waals surface area contributed by atoms with Gasteiger partial charge in [0.15, 0.2) is 0 Å². The zero-order chi connectivity index (χ0) is 12.5. The fraction of sp³-hybridized carbons (Fsp3) is 1.00. The molecule has 100 valence electrons. The van der Waals surface area contributed by atoms with E-state index in [0.717, 1.165) is 19.2 Å². The molecular formula is C14H28N2O. The summed E-state index contributed by atoms with van der Waals surface area (Å²) >= 11 is 0.